The third kappa shape index (κ3) is 3.70. The first-order chi connectivity index (χ1) is 12.4. The highest BCUT2D eigenvalue weighted by Gasteiger charge is 2.41. The Morgan fingerprint density at radius 3 is 2.42 bits per heavy atom. The van der Waals surface area contributed by atoms with Crippen molar-refractivity contribution in [3.63, 3.8) is 0 Å². The Morgan fingerprint density at radius 1 is 1.08 bits per heavy atom. The number of carbonyl (C=O) groups excluding carboxylic acids is 1. The summed E-state index contributed by atoms with van der Waals surface area (Å²) in [5, 5.41) is 12.6. The van der Waals surface area contributed by atoms with Gasteiger partial charge in [0, 0.05) is 23.9 Å². The number of carboxylic acids is 1. The largest absolute Gasteiger partial charge is 0.478 e. The van der Waals surface area contributed by atoms with E-state index in [4.69, 9.17) is 33.0 Å². The molecular weight excluding hydrogens is 377 g/mol. The van der Waals surface area contributed by atoms with Crippen LogP contribution in [0.15, 0.2) is 42.5 Å². The molecule has 1 amide bonds. The average molecular weight is 394 g/mol. The topological polar surface area (TPSA) is 75.6 Å². The minimum absolute atomic E-state index is 0.0136. The second-order valence-corrected chi connectivity index (χ2v) is 7.00. The third-order valence-corrected chi connectivity index (χ3v) is 5.16. The van der Waals surface area contributed by atoms with Crippen molar-refractivity contribution in [3.8, 4) is 0 Å². The Hall–Kier alpha value is -2.08. The summed E-state index contributed by atoms with van der Waals surface area (Å²) in [5.74, 6) is -1.31. The lowest BCUT2D eigenvalue weighted by molar-refractivity contribution is -0.125. The van der Waals surface area contributed by atoms with E-state index in [2.05, 4.69) is 5.32 Å². The molecule has 1 heterocycles. The molecule has 3 rings (SSSR count). The van der Waals surface area contributed by atoms with E-state index >= 15 is 0 Å². The predicted molar refractivity (Wildman–Crippen MR) is 100 cm³/mol. The number of hydrogen-bond donors (Lipinski definition) is 2. The summed E-state index contributed by atoms with van der Waals surface area (Å²) in [7, 11) is 0. The molecule has 5 nitrogen and oxygen atoms in total. The number of hydrogen-bond acceptors (Lipinski definition) is 3. The van der Waals surface area contributed by atoms with E-state index < -0.39 is 11.4 Å². The van der Waals surface area contributed by atoms with Gasteiger partial charge < -0.3 is 15.2 Å². The molecule has 2 N–H and O–H groups in total. The maximum absolute atomic E-state index is 13.2. The highest BCUT2D eigenvalue weighted by Crippen LogP contribution is 2.37. The van der Waals surface area contributed by atoms with Crippen LogP contribution in [-0.4, -0.2) is 30.2 Å². The second kappa shape index (κ2) is 7.66. The van der Waals surface area contributed by atoms with Crippen molar-refractivity contribution < 1.29 is 19.4 Å². The van der Waals surface area contributed by atoms with Crippen LogP contribution in [0, 0.1) is 0 Å². The number of ether oxygens (including phenoxy) is 1. The molecule has 1 aliphatic heterocycles. The van der Waals surface area contributed by atoms with E-state index in [0.29, 0.717) is 36.8 Å². The van der Waals surface area contributed by atoms with Gasteiger partial charge in [-0.2, -0.15) is 0 Å². The van der Waals surface area contributed by atoms with Crippen LogP contribution in [0.1, 0.15) is 28.8 Å². The van der Waals surface area contributed by atoms with Gasteiger partial charge in [0.25, 0.3) is 0 Å². The van der Waals surface area contributed by atoms with Crippen molar-refractivity contribution in [3.05, 3.63) is 63.6 Å². The van der Waals surface area contributed by atoms with Crippen molar-refractivity contribution in [2.24, 2.45) is 0 Å². The maximum Gasteiger partial charge on any atom is 0.337 e. The zero-order chi connectivity index (χ0) is 18.7. The highest BCUT2D eigenvalue weighted by molar-refractivity contribution is 6.34. The van der Waals surface area contributed by atoms with Gasteiger partial charge in [-0.3, -0.25) is 4.79 Å². The number of carbonyl (C=O) groups is 2. The number of anilines is 1. The maximum atomic E-state index is 13.2. The first-order valence-corrected chi connectivity index (χ1v) is 8.86. The number of carboxylic acid groups (broad SMARTS) is 1. The molecule has 0 spiro atoms. The fraction of sp³-hybridized carbons (Fsp3) is 0.263. The molecule has 0 radical (unpaired) electrons. The van der Waals surface area contributed by atoms with Gasteiger partial charge in [-0.15, -0.1) is 0 Å². The Balaban J connectivity index is 1.92. The fourth-order valence-corrected chi connectivity index (χ4v) is 3.62. The highest BCUT2D eigenvalue weighted by atomic mass is 35.5. The van der Waals surface area contributed by atoms with Crippen LogP contribution in [0.25, 0.3) is 0 Å². The molecule has 1 aliphatic rings. The Bertz CT molecular complexity index is 847. The van der Waals surface area contributed by atoms with E-state index in [0.717, 1.165) is 5.56 Å². The van der Waals surface area contributed by atoms with Crippen LogP contribution in [-0.2, 0) is 14.9 Å². The van der Waals surface area contributed by atoms with E-state index in [1.807, 2.05) is 12.1 Å². The lowest BCUT2D eigenvalue weighted by Gasteiger charge is -2.36. The Kier molecular flexibility index (Phi) is 5.51. The molecule has 0 atom stereocenters. The van der Waals surface area contributed by atoms with Crippen LogP contribution < -0.4 is 5.32 Å². The fourth-order valence-electron chi connectivity index (χ4n) is 3.17. The van der Waals surface area contributed by atoms with Crippen LogP contribution in [0.3, 0.4) is 0 Å². The zero-order valence-electron chi connectivity index (χ0n) is 13.8. The number of aromatic carboxylic acids is 1. The molecule has 2 aromatic rings. The summed E-state index contributed by atoms with van der Waals surface area (Å²) in [6.07, 6.45) is 1.06. The number of amides is 1. The van der Waals surface area contributed by atoms with Crippen molar-refractivity contribution in [1.29, 1.82) is 0 Å². The van der Waals surface area contributed by atoms with Crippen molar-refractivity contribution in [2.45, 2.75) is 18.3 Å². The Morgan fingerprint density at radius 2 is 1.81 bits per heavy atom. The summed E-state index contributed by atoms with van der Waals surface area (Å²) in [6, 6.07) is 11.6. The van der Waals surface area contributed by atoms with Gasteiger partial charge in [0.2, 0.25) is 5.91 Å². The number of benzene rings is 2. The summed E-state index contributed by atoms with van der Waals surface area (Å²) < 4.78 is 5.44. The zero-order valence-corrected chi connectivity index (χ0v) is 15.3. The molecule has 136 valence electrons. The number of halogens is 2. The first kappa shape index (κ1) is 18.7. The van der Waals surface area contributed by atoms with Gasteiger partial charge >= 0.3 is 5.97 Å². The second-order valence-electron chi connectivity index (χ2n) is 6.16. The minimum atomic E-state index is -1.12. The van der Waals surface area contributed by atoms with Crippen LogP contribution in [0.4, 0.5) is 5.69 Å². The monoisotopic (exact) mass is 393 g/mol. The molecule has 0 aromatic heterocycles. The Labute approximate surface area is 160 Å². The molecule has 0 saturated carbocycles. The van der Waals surface area contributed by atoms with Gasteiger partial charge in [0.05, 0.1) is 16.0 Å². The minimum Gasteiger partial charge on any atom is -0.478 e. The number of nitrogens with one attached hydrogen (secondary N) is 1. The van der Waals surface area contributed by atoms with Gasteiger partial charge in [0.1, 0.15) is 0 Å². The van der Waals surface area contributed by atoms with Gasteiger partial charge in [-0.25, -0.2) is 4.79 Å². The normalized spacial score (nSPS) is 16.1. The third-order valence-electron chi connectivity index (χ3n) is 4.62. The van der Waals surface area contributed by atoms with Gasteiger partial charge in [0.15, 0.2) is 0 Å². The lowest BCUT2D eigenvalue weighted by Crippen LogP contribution is -2.44. The van der Waals surface area contributed by atoms with Crippen LogP contribution >= 0.6 is 23.2 Å². The molecule has 2 aromatic carbocycles. The van der Waals surface area contributed by atoms with Crippen LogP contribution in [0.2, 0.25) is 10.0 Å². The molecular formula is C19H17Cl2NO4. The van der Waals surface area contributed by atoms with E-state index in [9.17, 15) is 9.59 Å². The standard InChI is InChI=1S/C19H17Cl2NO4/c20-13-3-1-2-12(10-13)19(6-8-26-9-7-19)18(25)22-14-4-5-15(17(23)24)16(21)11-14/h1-5,10-11H,6-9H2,(H,22,25)(H,23,24). The van der Waals surface area contributed by atoms with Crippen LogP contribution in [0.5, 0.6) is 0 Å². The smallest absolute Gasteiger partial charge is 0.337 e. The van der Waals surface area contributed by atoms with E-state index in [1.165, 1.54) is 18.2 Å². The molecule has 0 unspecified atom stereocenters. The molecule has 1 saturated heterocycles. The number of rotatable bonds is 4. The quantitative estimate of drug-likeness (QED) is 0.807. The van der Waals surface area contributed by atoms with Gasteiger partial charge in [-0.1, -0.05) is 35.3 Å². The SMILES string of the molecule is O=C(O)c1ccc(NC(=O)C2(c3cccc(Cl)c3)CCOCC2)cc1Cl. The molecule has 7 heteroatoms. The molecule has 26 heavy (non-hydrogen) atoms. The van der Waals surface area contributed by atoms with Crippen molar-refractivity contribution in [1.82, 2.24) is 0 Å². The molecule has 0 aliphatic carbocycles. The summed E-state index contributed by atoms with van der Waals surface area (Å²) in [5.41, 5.74) is 0.499. The van der Waals surface area contributed by atoms with Crippen molar-refractivity contribution >= 4 is 40.8 Å². The van der Waals surface area contributed by atoms with Crippen molar-refractivity contribution in [2.75, 3.05) is 18.5 Å². The summed E-state index contributed by atoms with van der Waals surface area (Å²) >= 11 is 12.1. The lowest BCUT2D eigenvalue weighted by atomic mass is 9.73. The molecule has 1 fully saturated rings. The molecule has 0 bridgehead atoms. The van der Waals surface area contributed by atoms with E-state index in [1.54, 1.807) is 12.1 Å². The van der Waals surface area contributed by atoms with Gasteiger partial charge in [-0.05, 0) is 48.7 Å². The average Bonchev–Trinajstić information content (AvgIpc) is 2.62. The summed E-state index contributed by atoms with van der Waals surface area (Å²) in [4.78, 5) is 24.2. The van der Waals surface area contributed by atoms with E-state index in [-0.39, 0.29) is 16.5 Å². The summed E-state index contributed by atoms with van der Waals surface area (Å²) in [6.45, 7) is 0.942. The first-order valence-electron chi connectivity index (χ1n) is 8.10. The predicted octanol–water partition coefficient (Wildman–Crippen LogP) is 4.38.